The molecule has 0 saturated heterocycles. The van der Waals surface area contributed by atoms with Crippen LogP contribution in [-0.4, -0.2) is 12.5 Å². The van der Waals surface area contributed by atoms with Crippen molar-refractivity contribution in [3.8, 4) is 23.3 Å². The number of carbonyl (C=O) groups is 1. The van der Waals surface area contributed by atoms with Crippen LogP contribution in [0.4, 0.5) is 5.69 Å². The molecule has 0 aromatic heterocycles. The predicted molar refractivity (Wildman–Crippen MR) is 92.4 cm³/mol. The van der Waals surface area contributed by atoms with E-state index < -0.39 is 0 Å². The van der Waals surface area contributed by atoms with E-state index in [-0.39, 0.29) is 5.91 Å². The lowest BCUT2D eigenvalue weighted by molar-refractivity contribution is -0.116. The third kappa shape index (κ3) is 4.75. The summed E-state index contributed by atoms with van der Waals surface area (Å²) in [7, 11) is 0. The number of amides is 1. The summed E-state index contributed by atoms with van der Waals surface area (Å²) >= 11 is 0. The molecule has 0 atom stereocenters. The molecule has 2 aromatic rings. The Morgan fingerprint density at radius 3 is 2.46 bits per heavy atom. The summed E-state index contributed by atoms with van der Waals surface area (Å²) in [5.41, 5.74) is 1.20. The number of nitrogens with one attached hydrogen (secondary N) is 1. The maximum atomic E-state index is 11.6. The normalized spacial score (nSPS) is 9.88. The van der Waals surface area contributed by atoms with Crippen molar-refractivity contribution in [3.63, 3.8) is 0 Å². The van der Waals surface area contributed by atoms with Crippen molar-refractivity contribution in [1.29, 1.82) is 5.26 Å². The number of rotatable bonds is 7. The number of anilines is 1. The molecule has 0 unspecified atom stereocenters. The molecule has 0 saturated carbocycles. The van der Waals surface area contributed by atoms with Gasteiger partial charge in [0.2, 0.25) is 5.91 Å². The van der Waals surface area contributed by atoms with E-state index in [0.717, 1.165) is 12.1 Å². The van der Waals surface area contributed by atoms with Crippen LogP contribution in [0.2, 0.25) is 0 Å². The number of nitriles is 1. The van der Waals surface area contributed by atoms with Crippen molar-refractivity contribution in [1.82, 2.24) is 0 Å². The zero-order chi connectivity index (χ0) is 17.4. The molecule has 1 amide bonds. The molecule has 0 aliphatic carbocycles. The minimum Gasteiger partial charge on any atom is -0.492 e. The maximum Gasteiger partial charge on any atom is 0.224 e. The highest BCUT2D eigenvalue weighted by molar-refractivity contribution is 5.90. The molecule has 0 aliphatic heterocycles. The standard InChI is InChI=1S/C19H20N2O3/c1-3-5-19(22)21-15-7-10-16(11-8-15)24-17-9-6-14(13-20)18(12-17)23-4-2/h6-12H,3-5H2,1-2H3,(H,21,22). The van der Waals surface area contributed by atoms with E-state index in [1.807, 2.05) is 13.8 Å². The summed E-state index contributed by atoms with van der Waals surface area (Å²) < 4.78 is 11.2. The fourth-order valence-electron chi connectivity index (χ4n) is 2.13. The van der Waals surface area contributed by atoms with Crippen LogP contribution in [0.5, 0.6) is 17.2 Å². The number of hydrogen-bond acceptors (Lipinski definition) is 4. The number of nitrogens with zero attached hydrogens (tertiary/aromatic N) is 1. The first-order valence-corrected chi connectivity index (χ1v) is 7.91. The van der Waals surface area contributed by atoms with Crippen LogP contribution in [0.25, 0.3) is 0 Å². The van der Waals surface area contributed by atoms with E-state index in [4.69, 9.17) is 14.7 Å². The molecule has 5 heteroatoms. The van der Waals surface area contributed by atoms with Gasteiger partial charge >= 0.3 is 0 Å². The first-order chi connectivity index (χ1) is 11.7. The molecular formula is C19H20N2O3. The average molecular weight is 324 g/mol. The Kier molecular flexibility index (Phi) is 6.21. The number of benzene rings is 2. The molecule has 0 fully saturated rings. The maximum absolute atomic E-state index is 11.6. The second-order valence-corrected chi connectivity index (χ2v) is 5.13. The van der Waals surface area contributed by atoms with Crippen molar-refractivity contribution >= 4 is 11.6 Å². The SMILES string of the molecule is CCCC(=O)Nc1ccc(Oc2ccc(C#N)c(OCC)c2)cc1. The molecule has 124 valence electrons. The first-order valence-electron chi connectivity index (χ1n) is 7.91. The third-order valence-electron chi connectivity index (χ3n) is 3.22. The van der Waals surface area contributed by atoms with Gasteiger partial charge in [-0.2, -0.15) is 5.26 Å². The quantitative estimate of drug-likeness (QED) is 0.814. The lowest BCUT2D eigenvalue weighted by Gasteiger charge is -2.10. The highest BCUT2D eigenvalue weighted by atomic mass is 16.5. The Balaban J connectivity index is 2.07. The van der Waals surface area contributed by atoms with E-state index >= 15 is 0 Å². The molecule has 0 aliphatic rings. The van der Waals surface area contributed by atoms with Crippen molar-refractivity contribution in [2.24, 2.45) is 0 Å². The molecular weight excluding hydrogens is 304 g/mol. The fraction of sp³-hybridized carbons (Fsp3) is 0.263. The molecule has 1 N–H and O–H groups in total. The fourth-order valence-corrected chi connectivity index (χ4v) is 2.13. The monoisotopic (exact) mass is 324 g/mol. The Hall–Kier alpha value is -3.00. The van der Waals surface area contributed by atoms with Crippen LogP contribution >= 0.6 is 0 Å². The van der Waals surface area contributed by atoms with Gasteiger partial charge in [0.05, 0.1) is 12.2 Å². The van der Waals surface area contributed by atoms with Gasteiger partial charge in [0.1, 0.15) is 23.3 Å². The zero-order valence-corrected chi connectivity index (χ0v) is 13.8. The molecule has 0 spiro atoms. The van der Waals surface area contributed by atoms with Crippen LogP contribution in [-0.2, 0) is 4.79 Å². The van der Waals surface area contributed by atoms with Gasteiger partial charge < -0.3 is 14.8 Å². The van der Waals surface area contributed by atoms with Crippen LogP contribution < -0.4 is 14.8 Å². The van der Waals surface area contributed by atoms with Gasteiger partial charge in [0.15, 0.2) is 0 Å². The molecule has 2 rings (SSSR count). The summed E-state index contributed by atoms with van der Waals surface area (Å²) in [6, 6.07) is 14.3. The van der Waals surface area contributed by atoms with Crippen LogP contribution in [0, 0.1) is 11.3 Å². The first kappa shape index (κ1) is 17.4. The molecule has 5 nitrogen and oxygen atoms in total. The number of hydrogen-bond donors (Lipinski definition) is 1. The summed E-state index contributed by atoms with van der Waals surface area (Å²) in [6.07, 6.45) is 1.32. The van der Waals surface area contributed by atoms with Gasteiger partial charge in [-0.1, -0.05) is 6.92 Å². The van der Waals surface area contributed by atoms with Gasteiger partial charge in [0.25, 0.3) is 0 Å². The van der Waals surface area contributed by atoms with E-state index in [9.17, 15) is 4.79 Å². The van der Waals surface area contributed by atoms with Crippen molar-refractivity contribution in [2.45, 2.75) is 26.7 Å². The minimum atomic E-state index is -0.000355. The highest BCUT2D eigenvalue weighted by Gasteiger charge is 2.07. The van der Waals surface area contributed by atoms with Crippen molar-refractivity contribution < 1.29 is 14.3 Å². The Morgan fingerprint density at radius 1 is 1.12 bits per heavy atom. The summed E-state index contributed by atoms with van der Waals surface area (Å²) in [5.74, 6) is 1.72. The van der Waals surface area contributed by atoms with Gasteiger partial charge in [-0.25, -0.2) is 0 Å². The third-order valence-corrected chi connectivity index (χ3v) is 3.22. The Labute approximate surface area is 141 Å². The average Bonchev–Trinajstić information content (AvgIpc) is 2.57. The topological polar surface area (TPSA) is 71.3 Å². The molecule has 0 heterocycles. The largest absolute Gasteiger partial charge is 0.492 e. The molecule has 2 aromatic carbocycles. The van der Waals surface area contributed by atoms with E-state index in [2.05, 4.69) is 11.4 Å². The minimum absolute atomic E-state index is 0.000355. The van der Waals surface area contributed by atoms with Crippen LogP contribution in [0.1, 0.15) is 32.3 Å². The van der Waals surface area contributed by atoms with E-state index in [1.165, 1.54) is 0 Å². The lowest BCUT2D eigenvalue weighted by Crippen LogP contribution is -2.10. The summed E-state index contributed by atoms with van der Waals surface area (Å²) in [4.78, 5) is 11.6. The van der Waals surface area contributed by atoms with Crippen LogP contribution in [0.3, 0.4) is 0 Å². The second-order valence-electron chi connectivity index (χ2n) is 5.13. The van der Waals surface area contributed by atoms with E-state index in [1.54, 1.807) is 42.5 Å². The Morgan fingerprint density at radius 2 is 1.83 bits per heavy atom. The summed E-state index contributed by atoms with van der Waals surface area (Å²) in [6.45, 7) is 4.30. The molecule has 0 bridgehead atoms. The van der Waals surface area contributed by atoms with Gasteiger partial charge in [-0.3, -0.25) is 4.79 Å². The van der Waals surface area contributed by atoms with Crippen LogP contribution in [0.15, 0.2) is 42.5 Å². The second kappa shape index (κ2) is 8.59. The van der Waals surface area contributed by atoms with E-state index in [0.29, 0.717) is 35.8 Å². The number of ether oxygens (including phenoxy) is 2. The molecule has 0 radical (unpaired) electrons. The lowest BCUT2D eigenvalue weighted by atomic mass is 10.2. The van der Waals surface area contributed by atoms with Gasteiger partial charge in [0, 0.05) is 18.2 Å². The predicted octanol–water partition coefficient (Wildman–Crippen LogP) is 4.49. The Bertz CT molecular complexity index is 733. The number of carbonyl (C=O) groups excluding carboxylic acids is 1. The van der Waals surface area contributed by atoms with Crippen molar-refractivity contribution in [2.75, 3.05) is 11.9 Å². The van der Waals surface area contributed by atoms with Gasteiger partial charge in [-0.05, 0) is 49.7 Å². The molecule has 24 heavy (non-hydrogen) atoms. The smallest absolute Gasteiger partial charge is 0.224 e. The van der Waals surface area contributed by atoms with Gasteiger partial charge in [-0.15, -0.1) is 0 Å². The van der Waals surface area contributed by atoms with Crippen molar-refractivity contribution in [3.05, 3.63) is 48.0 Å². The summed E-state index contributed by atoms with van der Waals surface area (Å²) in [5, 5.41) is 11.9. The zero-order valence-electron chi connectivity index (χ0n) is 13.8. The highest BCUT2D eigenvalue weighted by Crippen LogP contribution is 2.29.